The van der Waals surface area contributed by atoms with Crippen LogP contribution < -0.4 is 0 Å². The smallest absolute Gasteiger partial charge is 0.294 e. The molecule has 0 heterocycles. The molecule has 2 atom stereocenters. The first-order chi connectivity index (χ1) is 14.2. The van der Waals surface area contributed by atoms with Crippen LogP contribution in [-0.2, 0) is 10.1 Å². The Bertz CT molecular complexity index is 836. The molecule has 0 fully saturated rings. The Kier molecular flexibility index (Phi) is 11.7. The number of hydrogen-bond acceptors (Lipinski definition) is 5. The van der Waals surface area contributed by atoms with Crippen LogP contribution >= 0.6 is 0 Å². The highest BCUT2D eigenvalue weighted by Crippen LogP contribution is 2.23. The molecule has 168 valence electrons. The van der Waals surface area contributed by atoms with Crippen LogP contribution in [0.3, 0.4) is 0 Å². The van der Waals surface area contributed by atoms with Crippen molar-refractivity contribution in [2.75, 3.05) is 6.61 Å². The third-order valence-electron chi connectivity index (χ3n) is 4.96. The van der Waals surface area contributed by atoms with Crippen LogP contribution in [0.2, 0.25) is 0 Å². The summed E-state index contributed by atoms with van der Waals surface area (Å²) in [5, 5.41) is 28.3. The van der Waals surface area contributed by atoms with Gasteiger partial charge in [0.05, 0.1) is 6.10 Å². The van der Waals surface area contributed by atoms with Crippen molar-refractivity contribution >= 4 is 10.1 Å². The Labute approximate surface area is 180 Å². The van der Waals surface area contributed by atoms with Gasteiger partial charge in [0.15, 0.2) is 0 Å². The van der Waals surface area contributed by atoms with Crippen molar-refractivity contribution < 1.29 is 28.3 Å². The van der Waals surface area contributed by atoms with Gasteiger partial charge >= 0.3 is 0 Å². The minimum atomic E-state index is -4.22. The fourth-order valence-corrected chi connectivity index (χ4v) is 3.86. The number of aromatic hydroxyl groups is 1. The molecule has 0 bridgehead atoms. The molecular weight excluding hydrogens is 404 g/mol. The fourth-order valence-electron chi connectivity index (χ4n) is 3.11. The number of aliphatic hydroxyl groups is 2. The number of aliphatic hydroxyl groups excluding tert-OH is 2. The minimum Gasteiger partial charge on any atom is -0.508 e. The zero-order chi connectivity index (χ0) is 22.6. The molecule has 2 aromatic carbocycles. The summed E-state index contributed by atoms with van der Waals surface area (Å²) in [6, 6.07) is 13.5. The summed E-state index contributed by atoms with van der Waals surface area (Å²) < 4.78 is 30.0. The number of benzene rings is 2. The molecule has 0 amide bonds. The molecule has 0 aliphatic rings. The van der Waals surface area contributed by atoms with Gasteiger partial charge in [-0.05, 0) is 49.3 Å². The molecule has 2 rings (SSSR count). The molecule has 0 radical (unpaired) electrons. The molecule has 0 spiro atoms. The van der Waals surface area contributed by atoms with Crippen molar-refractivity contribution in [2.45, 2.75) is 63.4 Å². The van der Waals surface area contributed by atoms with E-state index >= 15 is 0 Å². The van der Waals surface area contributed by atoms with Crippen LogP contribution in [0, 0.1) is 12.8 Å². The van der Waals surface area contributed by atoms with E-state index in [9.17, 15) is 18.6 Å². The summed E-state index contributed by atoms with van der Waals surface area (Å²) in [4.78, 5) is -0.262. The van der Waals surface area contributed by atoms with Crippen LogP contribution in [0.4, 0.5) is 0 Å². The van der Waals surface area contributed by atoms with Crippen molar-refractivity contribution in [1.82, 2.24) is 0 Å². The Morgan fingerprint density at radius 2 is 1.63 bits per heavy atom. The first kappa shape index (κ1) is 26.1. The molecule has 7 heteroatoms. The summed E-state index contributed by atoms with van der Waals surface area (Å²) in [6.07, 6.45) is 5.95. The van der Waals surface area contributed by atoms with E-state index in [1.54, 1.807) is 0 Å². The highest BCUT2D eigenvalue weighted by Gasteiger charge is 2.13. The molecule has 30 heavy (non-hydrogen) atoms. The zero-order valence-corrected chi connectivity index (χ0v) is 18.6. The van der Waals surface area contributed by atoms with E-state index in [0.717, 1.165) is 30.9 Å². The van der Waals surface area contributed by atoms with Gasteiger partial charge in [-0.2, -0.15) is 8.42 Å². The van der Waals surface area contributed by atoms with Gasteiger partial charge in [0.25, 0.3) is 10.1 Å². The van der Waals surface area contributed by atoms with Gasteiger partial charge in [-0.15, -0.1) is 0 Å². The Balaban J connectivity index is 0.000000325. The maximum absolute atomic E-state index is 10.7. The maximum Gasteiger partial charge on any atom is 0.294 e. The quantitative estimate of drug-likeness (QED) is 0.317. The van der Waals surface area contributed by atoms with Gasteiger partial charge in [0.1, 0.15) is 10.6 Å². The lowest BCUT2D eigenvalue weighted by atomic mass is 9.94. The maximum atomic E-state index is 10.7. The summed E-state index contributed by atoms with van der Waals surface area (Å²) in [7, 11) is -4.22. The van der Waals surface area contributed by atoms with E-state index in [1.165, 1.54) is 38.3 Å². The lowest BCUT2D eigenvalue weighted by molar-refractivity contribution is 0.139. The van der Waals surface area contributed by atoms with Crippen molar-refractivity contribution in [3.8, 4) is 5.75 Å². The summed E-state index contributed by atoms with van der Waals surface area (Å²) in [5.41, 5.74) is 1.37. The second-order valence-corrected chi connectivity index (χ2v) is 8.86. The number of phenolic OH excluding ortho intramolecular Hbond substituents is 1. The van der Waals surface area contributed by atoms with Gasteiger partial charge < -0.3 is 15.3 Å². The van der Waals surface area contributed by atoms with E-state index in [0.29, 0.717) is 11.5 Å². The first-order valence-corrected chi connectivity index (χ1v) is 11.7. The monoisotopic (exact) mass is 438 g/mol. The summed E-state index contributed by atoms with van der Waals surface area (Å²) in [6.45, 7) is 3.96. The van der Waals surface area contributed by atoms with Gasteiger partial charge in [-0.3, -0.25) is 4.55 Å². The Morgan fingerprint density at radius 3 is 2.17 bits per heavy atom. The largest absolute Gasteiger partial charge is 0.508 e. The highest BCUT2D eigenvalue weighted by molar-refractivity contribution is 7.85. The molecular formula is C23H34O6S. The van der Waals surface area contributed by atoms with Gasteiger partial charge in [0, 0.05) is 12.7 Å². The molecule has 0 saturated heterocycles. The number of phenols is 1. The number of aryl methyl sites for hydroxylation is 1. The molecule has 0 aromatic heterocycles. The predicted molar refractivity (Wildman–Crippen MR) is 118 cm³/mol. The second-order valence-electron chi connectivity index (χ2n) is 7.47. The molecule has 2 unspecified atom stereocenters. The van der Waals surface area contributed by atoms with E-state index in [2.05, 4.69) is 6.92 Å². The van der Waals surface area contributed by atoms with Crippen LogP contribution in [0.25, 0.3) is 0 Å². The third kappa shape index (κ3) is 9.71. The molecule has 0 aliphatic carbocycles. The van der Waals surface area contributed by atoms with Gasteiger partial charge in [-0.25, -0.2) is 0 Å². The number of unbranched alkanes of at least 4 members (excludes halogenated alkanes) is 2. The topological polar surface area (TPSA) is 115 Å². The average molecular weight is 439 g/mol. The molecule has 4 N–H and O–H groups in total. The number of hydrogen-bond donors (Lipinski definition) is 4. The molecule has 0 aliphatic heterocycles. The minimum absolute atomic E-state index is 0.187. The summed E-state index contributed by atoms with van der Waals surface area (Å²) >= 11 is 0. The molecule has 0 saturated carbocycles. The molecule has 6 nitrogen and oxygen atoms in total. The first-order valence-electron chi connectivity index (χ1n) is 10.3. The Morgan fingerprint density at radius 1 is 0.967 bits per heavy atom. The highest BCUT2D eigenvalue weighted by atomic mass is 32.2. The van der Waals surface area contributed by atoms with Crippen LogP contribution in [0.15, 0.2) is 53.4 Å². The second kappa shape index (κ2) is 13.4. The van der Waals surface area contributed by atoms with Crippen molar-refractivity contribution in [3.63, 3.8) is 0 Å². The van der Waals surface area contributed by atoms with Crippen molar-refractivity contribution in [3.05, 3.63) is 59.7 Å². The van der Waals surface area contributed by atoms with Crippen LogP contribution in [0.5, 0.6) is 5.75 Å². The fraction of sp³-hybridized carbons (Fsp3) is 0.478. The lowest BCUT2D eigenvalue weighted by Crippen LogP contribution is -2.08. The predicted octanol–water partition coefficient (Wildman–Crippen LogP) is 4.64. The van der Waals surface area contributed by atoms with E-state index in [1.807, 2.05) is 30.3 Å². The van der Waals surface area contributed by atoms with E-state index in [-0.39, 0.29) is 17.3 Å². The van der Waals surface area contributed by atoms with Gasteiger partial charge in [-0.1, -0.05) is 62.6 Å². The summed E-state index contributed by atoms with van der Waals surface area (Å²) in [5.74, 6) is 0.156. The lowest BCUT2D eigenvalue weighted by Gasteiger charge is -2.16. The average Bonchev–Trinajstić information content (AvgIpc) is 2.72. The van der Waals surface area contributed by atoms with Gasteiger partial charge in [0.2, 0.25) is 0 Å². The van der Waals surface area contributed by atoms with Crippen LogP contribution in [-0.4, -0.2) is 34.9 Å². The van der Waals surface area contributed by atoms with E-state index in [4.69, 9.17) is 9.66 Å². The SMILES string of the molecule is CCCCCC(CO)CCC(O)c1ccccc1.Cc1ccc(O)cc1S(=O)(=O)O. The number of rotatable bonds is 10. The third-order valence-corrected chi connectivity index (χ3v) is 5.95. The van der Waals surface area contributed by atoms with Crippen molar-refractivity contribution in [2.24, 2.45) is 5.92 Å². The van der Waals surface area contributed by atoms with E-state index < -0.39 is 16.2 Å². The standard InChI is InChI=1S/C16H26O2.C7H8O4S/c1-2-3-5-8-14(13-17)11-12-16(18)15-9-6-4-7-10-15;1-5-2-3-6(8)4-7(5)12(9,10)11/h4,6-7,9-10,14,16-18H,2-3,5,8,11-13H2,1H3;2-4,8H,1H3,(H,9,10,11). The van der Waals surface area contributed by atoms with Crippen LogP contribution in [0.1, 0.15) is 62.7 Å². The van der Waals surface area contributed by atoms with Crippen molar-refractivity contribution in [1.29, 1.82) is 0 Å². The zero-order valence-electron chi connectivity index (χ0n) is 17.7. The molecule has 2 aromatic rings. The Hall–Kier alpha value is -1.93. The normalized spacial score (nSPS) is 13.2.